The minimum absolute atomic E-state index is 0.528. The van der Waals surface area contributed by atoms with Crippen molar-refractivity contribution in [2.45, 2.75) is 13.8 Å². The number of nitrogens with zero attached hydrogens (tertiary/aromatic N) is 5. The normalized spacial score (nSPS) is 11.2. The molecule has 250 valence electrons. The Morgan fingerprint density at radius 2 is 0.906 bits per heavy atom. The lowest BCUT2D eigenvalue weighted by molar-refractivity contribution is 1.06. The van der Waals surface area contributed by atoms with E-state index in [4.69, 9.17) is 15.0 Å². The lowest BCUT2D eigenvalue weighted by Crippen LogP contribution is -2.04. The topological polar surface area (TPSA) is 67.4 Å². The molecule has 0 radical (unpaired) electrons. The molecule has 0 spiro atoms. The summed E-state index contributed by atoms with van der Waals surface area (Å²) >= 11 is 0. The van der Waals surface area contributed by atoms with Crippen LogP contribution < -0.4 is 0 Å². The van der Waals surface area contributed by atoms with E-state index in [0.29, 0.717) is 23.0 Å². The van der Waals surface area contributed by atoms with Gasteiger partial charge in [0.1, 0.15) is 0 Å². The molecule has 9 aromatic rings. The molecule has 0 atom stereocenters. The second-order valence-corrected chi connectivity index (χ2v) is 13.4. The average molecular weight is 680 g/mol. The van der Waals surface area contributed by atoms with E-state index in [0.717, 1.165) is 55.3 Å². The summed E-state index contributed by atoms with van der Waals surface area (Å²) in [6.45, 7) is 4.25. The second kappa shape index (κ2) is 13.2. The maximum Gasteiger partial charge on any atom is 0.166 e. The van der Waals surface area contributed by atoms with Gasteiger partial charge in [-0.3, -0.25) is 0 Å². The minimum Gasteiger partial charge on any atom is -0.308 e. The Hall–Kier alpha value is -7.16. The molecule has 0 bridgehead atoms. The van der Waals surface area contributed by atoms with Crippen molar-refractivity contribution in [3.63, 3.8) is 0 Å². The smallest absolute Gasteiger partial charge is 0.166 e. The van der Waals surface area contributed by atoms with E-state index in [1.807, 2.05) is 78.9 Å². The van der Waals surface area contributed by atoms with E-state index in [-0.39, 0.29) is 0 Å². The van der Waals surface area contributed by atoms with Crippen molar-refractivity contribution in [2.75, 3.05) is 0 Å². The molecule has 7 aromatic carbocycles. The molecule has 5 heteroatoms. The van der Waals surface area contributed by atoms with Crippen molar-refractivity contribution < 1.29 is 0 Å². The average Bonchev–Trinajstić information content (AvgIpc) is 3.54. The molecule has 0 unspecified atom stereocenters. The highest BCUT2D eigenvalue weighted by atomic mass is 15.1. The van der Waals surface area contributed by atoms with E-state index in [9.17, 15) is 5.26 Å². The van der Waals surface area contributed by atoms with E-state index in [2.05, 4.69) is 109 Å². The van der Waals surface area contributed by atoms with E-state index in [1.165, 1.54) is 22.3 Å². The zero-order valence-corrected chi connectivity index (χ0v) is 29.3. The first-order valence-electron chi connectivity index (χ1n) is 17.7. The zero-order valence-electron chi connectivity index (χ0n) is 29.3. The molecule has 9 rings (SSSR count). The summed E-state index contributed by atoms with van der Waals surface area (Å²) < 4.78 is 2.26. The van der Waals surface area contributed by atoms with Gasteiger partial charge in [0.25, 0.3) is 0 Å². The molecule has 0 aliphatic heterocycles. The monoisotopic (exact) mass is 679 g/mol. The van der Waals surface area contributed by atoms with Crippen molar-refractivity contribution in [3.8, 4) is 68.2 Å². The van der Waals surface area contributed by atoms with Gasteiger partial charge in [-0.15, -0.1) is 0 Å². The van der Waals surface area contributed by atoms with Gasteiger partial charge >= 0.3 is 0 Å². The van der Waals surface area contributed by atoms with Gasteiger partial charge in [-0.05, 0) is 78.6 Å². The predicted molar refractivity (Wildman–Crippen MR) is 216 cm³/mol. The third-order valence-electron chi connectivity index (χ3n) is 9.78. The minimum atomic E-state index is 0.528. The van der Waals surface area contributed by atoms with Gasteiger partial charge in [0, 0.05) is 27.5 Å². The standard InChI is InChI=1S/C48H33N5/c1-31-11-9-17-36(25-31)38-20-23-43-41(28-38)42-29-39(37-18-10-12-32(2)26-37)21-24-44(42)53(43)45-27-33(30-49)19-22-40(45)48-51-46(34-13-5-3-6-14-34)50-47(52-48)35-15-7-4-8-16-35/h3-29H,1-2H3. The summed E-state index contributed by atoms with van der Waals surface area (Å²) in [5.41, 5.74) is 13.1. The Bertz CT molecular complexity index is 2700. The van der Waals surface area contributed by atoms with Crippen molar-refractivity contribution in [1.29, 1.82) is 5.26 Å². The van der Waals surface area contributed by atoms with Gasteiger partial charge in [0.05, 0.1) is 28.4 Å². The molecule has 0 amide bonds. The summed E-state index contributed by atoms with van der Waals surface area (Å²) in [5.74, 6) is 1.69. The fourth-order valence-corrected chi connectivity index (χ4v) is 7.20. The van der Waals surface area contributed by atoms with Gasteiger partial charge in [-0.2, -0.15) is 5.26 Å². The molecular weight excluding hydrogens is 647 g/mol. The van der Waals surface area contributed by atoms with Crippen LogP contribution in [0.1, 0.15) is 16.7 Å². The first-order chi connectivity index (χ1) is 26.0. The van der Waals surface area contributed by atoms with Crippen molar-refractivity contribution in [3.05, 3.63) is 180 Å². The van der Waals surface area contributed by atoms with Crippen LogP contribution in [0.3, 0.4) is 0 Å². The number of hydrogen-bond acceptors (Lipinski definition) is 4. The Labute approximate surface area is 308 Å². The molecule has 2 heterocycles. The molecule has 2 aromatic heterocycles. The van der Waals surface area contributed by atoms with Crippen LogP contribution in [0.4, 0.5) is 0 Å². The largest absolute Gasteiger partial charge is 0.308 e. The summed E-state index contributed by atoms with van der Waals surface area (Å²) in [7, 11) is 0. The number of benzene rings is 7. The highest BCUT2D eigenvalue weighted by molar-refractivity contribution is 6.12. The van der Waals surface area contributed by atoms with Crippen LogP contribution in [0.5, 0.6) is 0 Å². The Balaban J connectivity index is 1.33. The van der Waals surface area contributed by atoms with Gasteiger partial charge < -0.3 is 4.57 Å². The van der Waals surface area contributed by atoms with Crippen LogP contribution in [0.25, 0.3) is 83.9 Å². The molecule has 0 saturated heterocycles. The SMILES string of the molecule is Cc1cccc(-c2ccc3c(c2)c2cc(-c4cccc(C)c4)ccc2n3-c2cc(C#N)ccc2-c2nc(-c3ccccc3)nc(-c3ccccc3)n2)c1. The van der Waals surface area contributed by atoms with Crippen molar-refractivity contribution in [2.24, 2.45) is 0 Å². The third kappa shape index (κ3) is 5.93. The van der Waals surface area contributed by atoms with Crippen LogP contribution in [0.2, 0.25) is 0 Å². The lowest BCUT2D eigenvalue weighted by atomic mass is 9.99. The summed E-state index contributed by atoms with van der Waals surface area (Å²) in [6, 6.07) is 58.7. The van der Waals surface area contributed by atoms with Gasteiger partial charge in [0.15, 0.2) is 17.5 Å². The zero-order chi connectivity index (χ0) is 35.9. The number of fused-ring (bicyclic) bond motifs is 3. The quantitative estimate of drug-likeness (QED) is 0.175. The number of hydrogen-bond donors (Lipinski definition) is 0. The van der Waals surface area contributed by atoms with Crippen LogP contribution >= 0.6 is 0 Å². The van der Waals surface area contributed by atoms with E-state index < -0.39 is 0 Å². The van der Waals surface area contributed by atoms with Crippen LogP contribution in [-0.2, 0) is 0 Å². The Morgan fingerprint density at radius 3 is 1.40 bits per heavy atom. The maximum atomic E-state index is 10.2. The molecule has 0 N–H and O–H groups in total. The van der Waals surface area contributed by atoms with Crippen LogP contribution in [0.15, 0.2) is 164 Å². The van der Waals surface area contributed by atoms with Crippen molar-refractivity contribution in [1.82, 2.24) is 19.5 Å². The Kier molecular flexibility index (Phi) is 7.91. The maximum absolute atomic E-state index is 10.2. The summed E-state index contributed by atoms with van der Waals surface area (Å²) in [5, 5.41) is 12.4. The number of aryl methyl sites for hydroxylation is 2. The highest BCUT2D eigenvalue weighted by Gasteiger charge is 2.21. The first kappa shape index (κ1) is 31.8. The molecule has 0 saturated carbocycles. The van der Waals surface area contributed by atoms with Gasteiger partial charge in [0.2, 0.25) is 0 Å². The van der Waals surface area contributed by atoms with E-state index >= 15 is 0 Å². The Morgan fingerprint density at radius 1 is 0.434 bits per heavy atom. The fourth-order valence-electron chi connectivity index (χ4n) is 7.20. The molecule has 0 aliphatic carbocycles. The highest BCUT2D eigenvalue weighted by Crippen LogP contribution is 2.40. The predicted octanol–water partition coefficient (Wildman–Crippen LogP) is 11.8. The number of rotatable bonds is 6. The number of aromatic nitrogens is 4. The van der Waals surface area contributed by atoms with Crippen molar-refractivity contribution >= 4 is 21.8 Å². The lowest BCUT2D eigenvalue weighted by Gasteiger charge is -2.15. The fraction of sp³-hybridized carbons (Fsp3) is 0.0417. The number of nitriles is 1. The molecule has 53 heavy (non-hydrogen) atoms. The molecule has 5 nitrogen and oxygen atoms in total. The summed E-state index contributed by atoms with van der Waals surface area (Å²) in [4.78, 5) is 15.1. The third-order valence-corrected chi connectivity index (χ3v) is 9.78. The molecule has 0 aliphatic rings. The van der Waals surface area contributed by atoms with Gasteiger partial charge in [-0.1, -0.05) is 132 Å². The summed E-state index contributed by atoms with van der Waals surface area (Å²) in [6.07, 6.45) is 0. The van der Waals surface area contributed by atoms with Gasteiger partial charge in [-0.25, -0.2) is 15.0 Å². The molecule has 0 fully saturated rings. The van der Waals surface area contributed by atoms with Crippen LogP contribution in [0, 0.1) is 25.2 Å². The van der Waals surface area contributed by atoms with E-state index in [1.54, 1.807) is 0 Å². The molecular formula is C48H33N5. The van der Waals surface area contributed by atoms with Crippen LogP contribution in [-0.4, -0.2) is 19.5 Å². The second-order valence-electron chi connectivity index (χ2n) is 13.4. The first-order valence-corrected chi connectivity index (χ1v) is 17.7.